The fraction of sp³-hybridized carbons (Fsp3) is 0.200. The van der Waals surface area contributed by atoms with Gasteiger partial charge in [0.2, 0.25) is 0 Å². The third-order valence-electron chi connectivity index (χ3n) is 3.92. The monoisotopic (exact) mass is 336 g/mol. The third-order valence-corrected chi connectivity index (χ3v) is 3.92. The number of rotatable bonds is 7. The molecule has 128 valence electrons. The van der Waals surface area contributed by atoms with Crippen LogP contribution in [0.25, 0.3) is 0 Å². The predicted octanol–water partition coefficient (Wildman–Crippen LogP) is 2.99. The fourth-order valence-corrected chi connectivity index (χ4v) is 2.65. The number of nitrogens with one attached hydrogen (secondary N) is 1. The summed E-state index contributed by atoms with van der Waals surface area (Å²) in [4.78, 5) is 25.8. The van der Waals surface area contributed by atoms with Crippen molar-refractivity contribution in [3.63, 3.8) is 0 Å². The number of imide groups is 1. The molecule has 1 aliphatic rings. The van der Waals surface area contributed by atoms with Crippen molar-refractivity contribution in [2.24, 2.45) is 0 Å². The van der Waals surface area contributed by atoms with E-state index in [1.54, 1.807) is 0 Å². The van der Waals surface area contributed by atoms with Crippen LogP contribution in [0.2, 0.25) is 0 Å². The van der Waals surface area contributed by atoms with Crippen molar-refractivity contribution in [1.29, 1.82) is 0 Å². The molecule has 0 aromatic heterocycles. The molecule has 2 aromatic carbocycles. The Morgan fingerprint density at radius 2 is 1.72 bits per heavy atom. The first-order chi connectivity index (χ1) is 12.2. The van der Waals surface area contributed by atoms with Gasteiger partial charge in [-0.25, -0.2) is 0 Å². The Morgan fingerprint density at radius 3 is 2.40 bits per heavy atom. The molecule has 1 aliphatic heterocycles. The molecule has 25 heavy (non-hydrogen) atoms. The lowest BCUT2D eigenvalue weighted by Gasteiger charge is -2.15. The van der Waals surface area contributed by atoms with Crippen LogP contribution in [-0.2, 0) is 16.0 Å². The third kappa shape index (κ3) is 4.07. The van der Waals surface area contributed by atoms with Crippen molar-refractivity contribution in [1.82, 2.24) is 4.90 Å². The SMILES string of the molecule is CCOc1ccc(NC2=CC(=O)N(CCc3ccccc3)C2=O)cc1. The van der Waals surface area contributed by atoms with Crippen LogP contribution in [0.4, 0.5) is 5.69 Å². The molecule has 0 fully saturated rings. The zero-order valence-corrected chi connectivity index (χ0v) is 14.1. The molecule has 0 unspecified atom stereocenters. The van der Waals surface area contributed by atoms with Gasteiger partial charge in [0.05, 0.1) is 6.61 Å². The number of nitrogens with zero attached hydrogens (tertiary/aromatic N) is 1. The molecular weight excluding hydrogens is 316 g/mol. The lowest BCUT2D eigenvalue weighted by Crippen LogP contribution is -2.33. The first-order valence-corrected chi connectivity index (χ1v) is 8.28. The minimum atomic E-state index is -0.296. The molecule has 5 heteroatoms. The predicted molar refractivity (Wildman–Crippen MR) is 96.2 cm³/mol. The van der Waals surface area contributed by atoms with Crippen LogP contribution in [0, 0.1) is 0 Å². The summed E-state index contributed by atoms with van der Waals surface area (Å²) in [6, 6.07) is 17.1. The van der Waals surface area contributed by atoms with Gasteiger partial charge in [0.1, 0.15) is 11.4 Å². The molecule has 0 bridgehead atoms. The molecule has 0 spiro atoms. The summed E-state index contributed by atoms with van der Waals surface area (Å²) in [6.07, 6.45) is 1.99. The van der Waals surface area contributed by atoms with Gasteiger partial charge in [0, 0.05) is 18.3 Å². The van der Waals surface area contributed by atoms with E-state index in [0.29, 0.717) is 25.3 Å². The highest BCUT2D eigenvalue weighted by atomic mass is 16.5. The molecule has 0 atom stereocenters. The molecule has 0 radical (unpaired) electrons. The van der Waals surface area contributed by atoms with Crippen LogP contribution in [-0.4, -0.2) is 29.9 Å². The summed E-state index contributed by atoms with van der Waals surface area (Å²) >= 11 is 0. The molecule has 0 saturated carbocycles. The van der Waals surface area contributed by atoms with Crippen LogP contribution in [0.15, 0.2) is 66.4 Å². The van der Waals surface area contributed by atoms with E-state index >= 15 is 0 Å². The Hall–Kier alpha value is -3.08. The molecule has 5 nitrogen and oxygen atoms in total. The number of carbonyl (C=O) groups is 2. The van der Waals surface area contributed by atoms with E-state index in [1.165, 1.54) is 11.0 Å². The largest absolute Gasteiger partial charge is 0.494 e. The number of hydrogen-bond acceptors (Lipinski definition) is 4. The van der Waals surface area contributed by atoms with Crippen LogP contribution in [0.5, 0.6) is 5.75 Å². The molecule has 0 aliphatic carbocycles. The second-order valence-corrected chi connectivity index (χ2v) is 5.67. The van der Waals surface area contributed by atoms with E-state index < -0.39 is 0 Å². The Labute approximate surface area is 146 Å². The number of ether oxygens (including phenoxy) is 1. The molecule has 2 amide bonds. The van der Waals surface area contributed by atoms with E-state index in [9.17, 15) is 9.59 Å². The van der Waals surface area contributed by atoms with Gasteiger partial charge >= 0.3 is 0 Å². The number of carbonyl (C=O) groups excluding carboxylic acids is 2. The topological polar surface area (TPSA) is 58.6 Å². The Morgan fingerprint density at radius 1 is 1.00 bits per heavy atom. The summed E-state index contributed by atoms with van der Waals surface area (Å²) in [5.41, 5.74) is 2.12. The Bertz CT molecular complexity index is 782. The number of amides is 2. The van der Waals surface area contributed by atoms with Gasteiger partial charge in [-0.15, -0.1) is 0 Å². The van der Waals surface area contributed by atoms with Crippen molar-refractivity contribution in [3.05, 3.63) is 71.9 Å². The van der Waals surface area contributed by atoms with Gasteiger partial charge in [-0.05, 0) is 43.2 Å². The molecule has 1 N–H and O–H groups in total. The van der Waals surface area contributed by atoms with Gasteiger partial charge < -0.3 is 10.1 Å². The highest BCUT2D eigenvalue weighted by Gasteiger charge is 2.30. The fourth-order valence-electron chi connectivity index (χ4n) is 2.65. The van der Waals surface area contributed by atoms with Gasteiger partial charge in [-0.3, -0.25) is 14.5 Å². The van der Waals surface area contributed by atoms with E-state index in [0.717, 1.165) is 17.0 Å². The number of benzene rings is 2. The van der Waals surface area contributed by atoms with Crippen molar-refractivity contribution in [2.75, 3.05) is 18.5 Å². The second-order valence-electron chi connectivity index (χ2n) is 5.67. The van der Waals surface area contributed by atoms with Crippen molar-refractivity contribution in [2.45, 2.75) is 13.3 Å². The quantitative estimate of drug-likeness (QED) is 0.790. The second kappa shape index (κ2) is 7.66. The lowest BCUT2D eigenvalue weighted by molar-refractivity contribution is -0.137. The summed E-state index contributed by atoms with van der Waals surface area (Å²) in [5.74, 6) is 0.185. The summed E-state index contributed by atoms with van der Waals surface area (Å²) < 4.78 is 5.39. The van der Waals surface area contributed by atoms with Gasteiger partial charge in [-0.1, -0.05) is 30.3 Å². The highest BCUT2D eigenvalue weighted by Crippen LogP contribution is 2.20. The van der Waals surface area contributed by atoms with E-state index in [-0.39, 0.29) is 11.8 Å². The van der Waals surface area contributed by atoms with E-state index in [1.807, 2.05) is 61.5 Å². The van der Waals surface area contributed by atoms with Crippen LogP contribution >= 0.6 is 0 Å². The summed E-state index contributed by atoms with van der Waals surface area (Å²) in [7, 11) is 0. The molecular formula is C20H20N2O3. The van der Waals surface area contributed by atoms with Crippen molar-refractivity contribution >= 4 is 17.5 Å². The minimum Gasteiger partial charge on any atom is -0.494 e. The van der Waals surface area contributed by atoms with Gasteiger partial charge in [0.15, 0.2) is 0 Å². The molecule has 2 aromatic rings. The van der Waals surface area contributed by atoms with Crippen LogP contribution in [0.3, 0.4) is 0 Å². The average molecular weight is 336 g/mol. The standard InChI is InChI=1S/C20H20N2O3/c1-2-25-17-10-8-16(9-11-17)21-18-14-19(23)22(20(18)24)13-12-15-6-4-3-5-7-15/h3-11,14,21H,2,12-13H2,1H3. The first-order valence-electron chi connectivity index (χ1n) is 8.28. The molecule has 1 heterocycles. The highest BCUT2D eigenvalue weighted by molar-refractivity contribution is 6.17. The maximum atomic E-state index is 12.5. The summed E-state index contributed by atoms with van der Waals surface area (Å²) in [5, 5.41) is 3.01. The Kier molecular flexibility index (Phi) is 5.14. The zero-order chi connectivity index (χ0) is 17.6. The lowest BCUT2D eigenvalue weighted by atomic mass is 10.1. The van der Waals surface area contributed by atoms with Crippen molar-refractivity contribution in [3.8, 4) is 5.75 Å². The smallest absolute Gasteiger partial charge is 0.277 e. The number of hydrogen-bond donors (Lipinski definition) is 1. The van der Waals surface area contributed by atoms with Gasteiger partial charge in [0.25, 0.3) is 11.8 Å². The van der Waals surface area contributed by atoms with E-state index in [2.05, 4.69) is 5.32 Å². The van der Waals surface area contributed by atoms with Crippen LogP contribution in [0.1, 0.15) is 12.5 Å². The average Bonchev–Trinajstić information content (AvgIpc) is 2.89. The van der Waals surface area contributed by atoms with Crippen molar-refractivity contribution < 1.29 is 14.3 Å². The Balaban J connectivity index is 1.61. The zero-order valence-electron chi connectivity index (χ0n) is 14.1. The number of anilines is 1. The molecule has 0 saturated heterocycles. The van der Waals surface area contributed by atoms with E-state index in [4.69, 9.17) is 4.74 Å². The maximum absolute atomic E-state index is 12.5. The minimum absolute atomic E-state index is 0.283. The first kappa shape index (κ1) is 16.8. The maximum Gasteiger partial charge on any atom is 0.277 e. The van der Waals surface area contributed by atoms with Crippen LogP contribution < -0.4 is 10.1 Å². The van der Waals surface area contributed by atoms with Gasteiger partial charge in [-0.2, -0.15) is 0 Å². The molecule has 3 rings (SSSR count). The normalized spacial score (nSPS) is 13.8. The summed E-state index contributed by atoms with van der Waals surface area (Å²) in [6.45, 7) is 2.89.